The Hall–Kier alpha value is -1.84. The van der Waals surface area contributed by atoms with Gasteiger partial charge in [-0.05, 0) is 73.6 Å². The quantitative estimate of drug-likeness (QED) is 0.489. The van der Waals surface area contributed by atoms with Gasteiger partial charge in [-0.2, -0.15) is 0 Å². The minimum atomic E-state index is -1.08. The van der Waals surface area contributed by atoms with Crippen LogP contribution in [-0.4, -0.2) is 54.5 Å². The monoisotopic (exact) mass is 477 g/mol. The minimum absolute atomic E-state index is 0.136. The molecule has 0 radical (unpaired) electrons. The van der Waals surface area contributed by atoms with Crippen LogP contribution in [0.2, 0.25) is 0 Å². The van der Waals surface area contributed by atoms with Crippen LogP contribution >= 0.6 is 0 Å². The molecule has 1 spiro atoms. The lowest BCUT2D eigenvalue weighted by Crippen LogP contribution is -2.55. The first-order valence-corrected chi connectivity index (χ1v) is 13.3. The lowest BCUT2D eigenvalue weighted by Gasteiger charge is -2.57. The topological polar surface area (TPSA) is 62.2 Å². The fraction of sp³-hybridized carbons (Fsp3) is 0.667. The minimum Gasteiger partial charge on any atom is -0.385 e. The van der Waals surface area contributed by atoms with Gasteiger partial charge in [-0.15, -0.1) is 6.42 Å². The van der Waals surface area contributed by atoms with Crippen molar-refractivity contribution in [2.24, 2.45) is 17.3 Å². The largest absolute Gasteiger partial charge is 0.385 e. The molecule has 188 valence electrons. The summed E-state index contributed by atoms with van der Waals surface area (Å²) in [6, 6.07) is 8.83. The molecule has 0 amide bonds. The maximum absolute atomic E-state index is 12.1. The van der Waals surface area contributed by atoms with Crippen molar-refractivity contribution in [1.82, 2.24) is 0 Å². The molecule has 1 aromatic carbocycles. The van der Waals surface area contributed by atoms with Crippen molar-refractivity contribution in [2.45, 2.75) is 81.2 Å². The molecule has 1 aromatic rings. The Morgan fingerprint density at radius 2 is 1.74 bits per heavy atom. The van der Waals surface area contributed by atoms with Gasteiger partial charge in [-0.25, -0.2) is 0 Å². The first-order chi connectivity index (χ1) is 16.6. The van der Waals surface area contributed by atoms with Crippen LogP contribution < -0.4 is 4.90 Å². The maximum atomic E-state index is 12.1. The van der Waals surface area contributed by atoms with Gasteiger partial charge < -0.3 is 24.6 Å². The molecule has 1 aliphatic heterocycles. The molecule has 0 bridgehead atoms. The summed E-state index contributed by atoms with van der Waals surface area (Å²) in [4.78, 5) is 2.11. The number of fused-ring (bicyclic) bond motifs is 4. The first-order valence-electron chi connectivity index (χ1n) is 13.3. The van der Waals surface area contributed by atoms with E-state index in [1.54, 1.807) is 0 Å². The molecule has 2 N–H and O–H groups in total. The van der Waals surface area contributed by atoms with Crippen LogP contribution in [0.25, 0.3) is 0 Å². The van der Waals surface area contributed by atoms with E-state index in [0.717, 1.165) is 38.5 Å². The average molecular weight is 478 g/mol. The zero-order chi connectivity index (χ0) is 24.6. The van der Waals surface area contributed by atoms with Gasteiger partial charge in [-0.1, -0.05) is 30.6 Å². The van der Waals surface area contributed by atoms with Crippen molar-refractivity contribution in [3.8, 4) is 12.3 Å². The Morgan fingerprint density at radius 3 is 2.40 bits per heavy atom. The summed E-state index contributed by atoms with van der Waals surface area (Å²) in [6.45, 7) is 3.44. The van der Waals surface area contributed by atoms with E-state index < -0.39 is 17.0 Å². The van der Waals surface area contributed by atoms with E-state index in [2.05, 4.69) is 56.1 Å². The fourth-order valence-corrected chi connectivity index (χ4v) is 8.56. The Labute approximate surface area is 209 Å². The smallest absolute Gasteiger partial charge is 0.171 e. The highest BCUT2D eigenvalue weighted by atomic mass is 16.7. The van der Waals surface area contributed by atoms with Crippen LogP contribution in [0, 0.1) is 29.6 Å². The Bertz CT molecular complexity index is 1080. The molecule has 5 aliphatic rings. The van der Waals surface area contributed by atoms with Crippen molar-refractivity contribution in [2.75, 3.05) is 32.2 Å². The zero-order valence-corrected chi connectivity index (χ0v) is 21.3. The SMILES string of the molecule is C#C[C@]1(O)CCC2C3CCC4(O)CC5(CCC4=C3[C@@H](c3ccc(N(C)C)cc3)C[C@@]21C)OCCO5. The number of rotatable bonds is 2. The fourth-order valence-electron chi connectivity index (χ4n) is 8.56. The van der Waals surface area contributed by atoms with Gasteiger partial charge in [0.25, 0.3) is 0 Å². The Kier molecular flexibility index (Phi) is 5.27. The zero-order valence-electron chi connectivity index (χ0n) is 21.3. The number of anilines is 1. The number of terminal acetylenes is 1. The van der Waals surface area contributed by atoms with Gasteiger partial charge in [0.15, 0.2) is 5.79 Å². The molecule has 3 saturated carbocycles. The molecule has 5 nitrogen and oxygen atoms in total. The third kappa shape index (κ3) is 3.30. The van der Waals surface area contributed by atoms with Gasteiger partial charge in [0.2, 0.25) is 0 Å². The number of nitrogens with zero attached hydrogens (tertiary/aromatic N) is 1. The third-order valence-corrected chi connectivity index (χ3v) is 10.4. The molecule has 6 rings (SSSR count). The van der Waals surface area contributed by atoms with E-state index in [-0.39, 0.29) is 11.3 Å². The van der Waals surface area contributed by atoms with E-state index in [4.69, 9.17) is 15.9 Å². The molecule has 35 heavy (non-hydrogen) atoms. The highest BCUT2D eigenvalue weighted by Gasteiger charge is 2.64. The second-order valence-corrected chi connectivity index (χ2v) is 12.2. The van der Waals surface area contributed by atoms with Crippen LogP contribution in [0.4, 0.5) is 5.69 Å². The molecule has 1 heterocycles. The normalized spacial score (nSPS) is 41.8. The summed E-state index contributed by atoms with van der Waals surface area (Å²) in [5.41, 5.74) is 2.76. The number of hydrogen-bond acceptors (Lipinski definition) is 5. The number of ether oxygens (including phenoxy) is 2. The average Bonchev–Trinajstić information content (AvgIpc) is 3.39. The molecule has 4 fully saturated rings. The summed E-state index contributed by atoms with van der Waals surface area (Å²) in [5, 5.41) is 23.7. The van der Waals surface area contributed by atoms with Crippen LogP contribution in [0.3, 0.4) is 0 Å². The summed E-state index contributed by atoms with van der Waals surface area (Å²) < 4.78 is 12.1. The number of benzene rings is 1. The Morgan fingerprint density at radius 1 is 1.03 bits per heavy atom. The summed E-state index contributed by atoms with van der Waals surface area (Å²) in [7, 11) is 4.11. The second kappa shape index (κ2) is 7.83. The number of hydrogen-bond donors (Lipinski definition) is 2. The van der Waals surface area contributed by atoms with Gasteiger partial charge in [0.1, 0.15) is 5.60 Å². The molecule has 6 atom stereocenters. The van der Waals surface area contributed by atoms with Crippen LogP contribution in [0.1, 0.15) is 69.8 Å². The van der Waals surface area contributed by atoms with Gasteiger partial charge >= 0.3 is 0 Å². The van der Waals surface area contributed by atoms with Crippen molar-refractivity contribution >= 4 is 5.69 Å². The van der Waals surface area contributed by atoms with Gasteiger partial charge in [0.05, 0.1) is 18.8 Å². The predicted octanol–water partition coefficient (Wildman–Crippen LogP) is 4.39. The standard InChI is InChI=1S/C30H39NO4/c1-5-29(33)14-11-24-22-10-13-28(32)19-30(34-16-17-35-30)15-12-25(28)26(22)23(18-27(24,29)2)20-6-8-21(9-7-20)31(3)4/h1,6-9,22-24,32-33H,10-19H2,2-4H3/t22?,23-,24?,27+,28?,29+/m1/s1. The van der Waals surface area contributed by atoms with Crippen LogP contribution in [0.15, 0.2) is 35.4 Å². The summed E-state index contributed by atoms with van der Waals surface area (Å²) in [5.74, 6) is 3.00. The molecule has 3 unspecified atom stereocenters. The van der Waals surface area contributed by atoms with Crippen molar-refractivity contribution in [3.05, 3.63) is 41.0 Å². The maximum Gasteiger partial charge on any atom is 0.171 e. The van der Waals surface area contributed by atoms with E-state index in [0.29, 0.717) is 37.9 Å². The summed E-state index contributed by atoms with van der Waals surface area (Å²) in [6.07, 6.45) is 12.1. The van der Waals surface area contributed by atoms with Crippen molar-refractivity contribution in [1.29, 1.82) is 0 Å². The molecule has 4 aliphatic carbocycles. The number of aliphatic hydroxyl groups is 2. The second-order valence-electron chi connectivity index (χ2n) is 12.2. The highest BCUT2D eigenvalue weighted by Crippen LogP contribution is 2.67. The molecule has 0 aromatic heterocycles. The molecule has 1 saturated heterocycles. The predicted molar refractivity (Wildman–Crippen MR) is 136 cm³/mol. The van der Waals surface area contributed by atoms with Crippen LogP contribution in [0.5, 0.6) is 0 Å². The lowest BCUT2D eigenvalue weighted by molar-refractivity contribution is -0.208. The Balaban J connectivity index is 1.48. The van der Waals surface area contributed by atoms with E-state index in [1.165, 1.54) is 22.4 Å². The lowest BCUT2D eigenvalue weighted by atomic mass is 9.49. The van der Waals surface area contributed by atoms with Gasteiger partial charge in [-0.3, -0.25) is 0 Å². The van der Waals surface area contributed by atoms with Gasteiger partial charge in [0, 0.05) is 44.0 Å². The first kappa shape index (κ1) is 23.6. The third-order valence-electron chi connectivity index (χ3n) is 10.4. The molecular formula is C30H39NO4. The molecule has 5 heteroatoms. The number of allylic oxidation sites excluding steroid dienone is 1. The summed E-state index contributed by atoms with van der Waals surface area (Å²) >= 11 is 0. The molecular weight excluding hydrogens is 438 g/mol. The van der Waals surface area contributed by atoms with Crippen molar-refractivity contribution < 1.29 is 19.7 Å². The van der Waals surface area contributed by atoms with Crippen LogP contribution in [-0.2, 0) is 9.47 Å². The van der Waals surface area contributed by atoms with E-state index in [1.807, 2.05) is 0 Å². The van der Waals surface area contributed by atoms with Crippen molar-refractivity contribution in [3.63, 3.8) is 0 Å². The van der Waals surface area contributed by atoms with E-state index in [9.17, 15) is 10.2 Å². The highest BCUT2D eigenvalue weighted by molar-refractivity contribution is 5.50. The van der Waals surface area contributed by atoms with E-state index >= 15 is 0 Å².